The van der Waals surface area contributed by atoms with Crippen molar-refractivity contribution in [1.82, 2.24) is 15.1 Å². The van der Waals surface area contributed by atoms with E-state index >= 15 is 0 Å². The zero-order chi connectivity index (χ0) is 14.4. The van der Waals surface area contributed by atoms with Gasteiger partial charge in [-0.2, -0.15) is 5.10 Å². The van der Waals surface area contributed by atoms with Gasteiger partial charge >= 0.3 is 0 Å². The molecule has 0 radical (unpaired) electrons. The van der Waals surface area contributed by atoms with Crippen LogP contribution in [-0.2, 0) is 11.8 Å². The lowest BCUT2D eigenvalue weighted by atomic mass is 9.99. The van der Waals surface area contributed by atoms with Gasteiger partial charge in [-0.1, -0.05) is 25.5 Å². The lowest BCUT2D eigenvalue weighted by Crippen LogP contribution is -2.23. The van der Waals surface area contributed by atoms with Crippen molar-refractivity contribution in [3.63, 3.8) is 0 Å². The van der Waals surface area contributed by atoms with Crippen LogP contribution in [-0.4, -0.2) is 36.6 Å². The smallest absolute Gasteiger partial charge is 0.0668 e. The van der Waals surface area contributed by atoms with Crippen molar-refractivity contribution < 1.29 is 4.74 Å². The standard InChI is InChI=1S/C15H27N3O/c1-11(2)14(10-16-7-8-19-6)9-15-12(3)17-18(5)13(15)4/h9,11,16H,7-8,10H2,1-6H3. The van der Waals surface area contributed by atoms with Crippen LogP contribution in [0.5, 0.6) is 0 Å². The maximum atomic E-state index is 5.05. The molecule has 0 aliphatic carbocycles. The second-order valence-corrected chi connectivity index (χ2v) is 5.25. The molecule has 0 saturated carbocycles. The van der Waals surface area contributed by atoms with E-state index in [1.165, 1.54) is 16.8 Å². The highest BCUT2D eigenvalue weighted by molar-refractivity contribution is 5.58. The van der Waals surface area contributed by atoms with Crippen LogP contribution >= 0.6 is 0 Å². The maximum absolute atomic E-state index is 5.05. The number of hydrogen-bond acceptors (Lipinski definition) is 3. The normalized spacial score (nSPS) is 12.5. The molecule has 0 unspecified atom stereocenters. The number of hydrogen-bond donors (Lipinski definition) is 1. The van der Waals surface area contributed by atoms with Gasteiger partial charge in [0.25, 0.3) is 0 Å². The van der Waals surface area contributed by atoms with Gasteiger partial charge < -0.3 is 10.1 Å². The van der Waals surface area contributed by atoms with E-state index < -0.39 is 0 Å². The van der Waals surface area contributed by atoms with E-state index in [-0.39, 0.29) is 0 Å². The van der Waals surface area contributed by atoms with Crippen LogP contribution in [0.3, 0.4) is 0 Å². The molecule has 0 aliphatic heterocycles. The Labute approximate surface area is 116 Å². The van der Waals surface area contributed by atoms with Crippen molar-refractivity contribution in [3.05, 3.63) is 22.5 Å². The average molecular weight is 265 g/mol. The lowest BCUT2D eigenvalue weighted by Gasteiger charge is -2.13. The number of ether oxygens (including phenoxy) is 1. The Morgan fingerprint density at radius 3 is 2.58 bits per heavy atom. The fourth-order valence-electron chi connectivity index (χ4n) is 2.01. The molecule has 0 amide bonds. The minimum absolute atomic E-state index is 0.522. The number of aromatic nitrogens is 2. The molecule has 0 aromatic carbocycles. The molecule has 0 aliphatic rings. The Morgan fingerprint density at radius 1 is 1.42 bits per heavy atom. The highest BCUT2D eigenvalue weighted by Crippen LogP contribution is 2.19. The van der Waals surface area contributed by atoms with Crippen LogP contribution in [0.15, 0.2) is 5.57 Å². The van der Waals surface area contributed by atoms with E-state index in [0.29, 0.717) is 5.92 Å². The van der Waals surface area contributed by atoms with Crippen molar-refractivity contribution in [2.45, 2.75) is 27.7 Å². The molecular formula is C15H27N3O. The first-order chi connectivity index (χ1) is 8.97. The molecule has 1 N–H and O–H groups in total. The Hall–Kier alpha value is -1.13. The largest absolute Gasteiger partial charge is 0.383 e. The highest BCUT2D eigenvalue weighted by Gasteiger charge is 2.10. The number of nitrogens with one attached hydrogen (secondary N) is 1. The SMILES string of the molecule is COCCNCC(=Cc1c(C)nn(C)c1C)C(C)C. The summed E-state index contributed by atoms with van der Waals surface area (Å²) < 4.78 is 6.99. The predicted octanol–water partition coefficient (Wildman–Crippen LogP) is 2.31. The molecule has 0 bridgehead atoms. The quantitative estimate of drug-likeness (QED) is 0.769. The fraction of sp³-hybridized carbons (Fsp3) is 0.667. The summed E-state index contributed by atoms with van der Waals surface area (Å²) in [6.45, 7) is 11.2. The summed E-state index contributed by atoms with van der Waals surface area (Å²) in [5.74, 6) is 0.522. The summed E-state index contributed by atoms with van der Waals surface area (Å²) in [6.07, 6.45) is 2.28. The van der Waals surface area contributed by atoms with Gasteiger partial charge in [0.1, 0.15) is 0 Å². The second-order valence-electron chi connectivity index (χ2n) is 5.25. The summed E-state index contributed by atoms with van der Waals surface area (Å²) in [5, 5.41) is 7.88. The third kappa shape index (κ3) is 4.48. The zero-order valence-corrected chi connectivity index (χ0v) is 13.1. The Balaban J connectivity index is 2.83. The third-order valence-electron chi connectivity index (χ3n) is 3.45. The van der Waals surface area contributed by atoms with Gasteiger partial charge in [-0.05, 0) is 19.8 Å². The molecule has 0 saturated heterocycles. The van der Waals surface area contributed by atoms with Crippen molar-refractivity contribution in [1.29, 1.82) is 0 Å². The first kappa shape index (κ1) is 15.9. The number of methoxy groups -OCH3 is 1. The third-order valence-corrected chi connectivity index (χ3v) is 3.45. The molecule has 1 rings (SSSR count). The van der Waals surface area contributed by atoms with Gasteiger partial charge in [-0.15, -0.1) is 0 Å². The summed E-state index contributed by atoms with van der Waals surface area (Å²) in [7, 11) is 3.72. The molecule has 0 atom stereocenters. The molecule has 1 aromatic rings. The first-order valence-corrected chi connectivity index (χ1v) is 6.87. The molecular weight excluding hydrogens is 238 g/mol. The Kier molecular flexibility index (Phi) is 6.25. The van der Waals surface area contributed by atoms with Crippen LogP contribution in [0.1, 0.15) is 30.8 Å². The molecule has 108 valence electrons. The monoisotopic (exact) mass is 265 g/mol. The van der Waals surface area contributed by atoms with Crippen LogP contribution in [0.4, 0.5) is 0 Å². The van der Waals surface area contributed by atoms with Gasteiger partial charge in [0, 0.05) is 38.5 Å². The van der Waals surface area contributed by atoms with Gasteiger partial charge in [0.05, 0.1) is 12.3 Å². The van der Waals surface area contributed by atoms with Crippen molar-refractivity contribution in [3.8, 4) is 0 Å². The van der Waals surface area contributed by atoms with Crippen molar-refractivity contribution in [2.24, 2.45) is 13.0 Å². The van der Waals surface area contributed by atoms with E-state index in [4.69, 9.17) is 4.74 Å². The van der Waals surface area contributed by atoms with Crippen LogP contribution in [0.2, 0.25) is 0 Å². The highest BCUT2D eigenvalue weighted by atomic mass is 16.5. The van der Waals surface area contributed by atoms with E-state index in [0.717, 1.165) is 25.4 Å². The number of rotatable bonds is 7. The molecule has 1 heterocycles. The molecule has 1 aromatic heterocycles. The van der Waals surface area contributed by atoms with Gasteiger partial charge in [-0.3, -0.25) is 4.68 Å². The molecule has 4 heteroatoms. The van der Waals surface area contributed by atoms with E-state index in [9.17, 15) is 0 Å². The molecule has 0 spiro atoms. The Morgan fingerprint density at radius 2 is 2.11 bits per heavy atom. The van der Waals surface area contributed by atoms with Gasteiger partial charge in [-0.25, -0.2) is 0 Å². The summed E-state index contributed by atoms with van der Waals surface area (Å²) in [5.41, 5.74) is 4.96. The fourth-order valence-corrected chi connectivity index (χ4v) is 2.01. The minimum Gasteiger partial charge on any atom is -0.383 e. The number of nitrogens with zero attached hydrogens (tertiary/aromatic N) is 2. The first-order valence-electron chi connectivity index (χ1n) is 6.87. The van der Waals surface area contributed by atoms with E-state index in [2.05, 4.69) is 44.2 Å². The molecule has 4 nitrogen and oxygen atoms in total. The van der Waals surface area contributed by atoms with Crippen LogP contribution in [0, 0.1) is 19.8 Å². The van der Waals surface area contributed by atoms with Gasteiger partial charge in [0.15, 0.2) is 0 Å². The lowest BCUT2D eigenvalue weighted by molar-refractivity contribution is 0.200. The summed E-state index contributed by atoms with van der Waals surface area (Å²) >= 11 is 0. The summed E-state index contributed by atoms with van der Waals surface area (Å²) in [6, 6.07) is 0. The predicted molar refractivity (Wildman–Crippen MR) is 80.2 cm³/mol. The van der Waals surface area contributed by atoms with Gasteiger partial charge in [0.2, 0.25) is 0 Å². The molecule has 19 heavy (non-hydrogen) atoms. The number of aryl methyl sites for hydroxylation is 2. The topological polar surface area (TPSA) is 39.1 Å². The second kappa shape index (κ2) is 7.46. The minimum atomic E-state index is 0.522. The van der Waals surface area contributed by atoms with Crippen LogP contribution in [0.25, 0.3) is 6.08 Å². The molecule has 0 fully saturated rings. The zero-order valence-electron chi connectivity index (χ0n) is 13.1. The van der Waals surface area contributed by atoms with E-state index in [1.807, 2.05) is 11.7 Å². The maximum Gasteiger partial charge on any atom is 0.0668 e. The van der Waals surface area contributed by atoms with E-state index in [1.54, 1.807) is 7.11 Å². The average Bonchev–Trinajstić information content (AvgIpc) is 2.58. The van der Waals surface area contributed by atoms with Crippen molar-refractivity contribution in [2.75, 3.05) is 26.8 Å². The summed E-state index contributed by atoms with van der Waals surface area (Å²) in [4.78, 5) is 0. The van der Waals surface area contributed by atoms with Crippen LogP contribution < -0.4 is 5.32 Å². The van der Waals surface area contributed by atoms with Crippen molar-refractivity contribution >= 4 is 6.08 Å². The Bertz CT molecular complexity index is 433.